The Morgan fingerprint density at radius 3 is 2.23 bits per heavy atom. The number of halogens is 2. The molecule has 1 saturated heterocycles. The Bertz CT molecular complexity index is 801. The average molecular weight is 386 g/mol. The van der Waals surface area contributed by atoms with Crippen LogP contribution in [0, 0.1) is 11.8 Å². The highest BCUT2D eigenvalue weighted by atomic mass is 32.2. The SMILES string of the molecule is O=C(Nc1ccccc1S(=O)(=O)C(F)F)C1CCN(C(=O)C2CC2)CC1. The minimum absolute atomic E-state index is 0.131. The number of carbonyl (C=O) groups is 2. The molecule has 0 aromatic heterocycles. The van der Waals surface area contributed by atoms with E-state index in [0.717, 1.165) is 18.9 Å². The van der Waals surface area contributed by atoms with Crippen LogP contribution in [0.15, 0.2) is 29.2 Å². The van der Waals surface area contributed by atoms with Crippen molar-refractivity contribution in [3.8, 4) is 0 Å². The molecule has 1 aromatic rings. The standard InChI is InChI=1S/C17H20F2N2O4S/c18-17(19)26(24,25)14-4-2-1-3-13(14)20-15(22)11-7-9-21(10-8-11)16(23)12-5-6-12/h1-4,11-12,17H,5-10H2,(H,20,22). The van der Waals surface area contributed by atoms with Gasteiger partial charge in [-0.25, -0.2) is 8.42 Å². The molecule has 0 spiro atoms. The summed E-state index contributed by atoms with van der Waals surface area (Å²) in [5.41, 5.74) is -0.144. The molecule has 0 unspecified atom stereocenters. The van der Waals surface area contributed by atoms with Crippen molar-refractivity contribution in [3.05, 3.63) is 24.3 Å². The zero-order valence-electron chi connectivity index (χ0n) is 14.0. The van der Waals surface area contributed by atoms with Gasteiger partial charge in [0, 0.05) is 24.9 Å². The Morgan fingerprint density at radius 1 is 1.04 bits per heavy atom. The van der Waals surface area contributed by atoms with E-state index in [1.54, 1.807) is 4.90 Å². The summed E-state index contributed by atoms with van der Waals surface area (Å²) in [6.45, 7) is 0.953. The van der Waals surface area contributed by atoms with E-state index in [0.29, 0.717) is 25.9 Å². The predicted octanol–water partition coefficient (Wildman–Crippen LogP) is 2.27. The summed E-state index contributed by atoms with van der Waals surface area (Å²) in [7, 11) is -4.81. The maximum Gasteiger partial charge on any atom is 0.341 e. The number of anilines is 1. The number of likely N-dealkylation sites (tertiary alicyclic amines) is 1. The highest BCUT2D eigenvalue weighted by Gasteiger charge is 2.36. The van der Waals surface area contributed by atoms with Crippen LogP contribution in [0.4, 0.5) is 14.5 Å². The Labute approximate surface area is 150 Å². The van der Waals surface area contributed by atoms with E-state index in [-0.39, 0.29) is 23.4 Å². The van der Waals surface area contributed by atoms with Gasteiger partial charge >= 0.3 is 5.76 Å². The number of benzene rings is 1. The molecule has 1 aromatic carbocycles. The van der Waals surface area contributed by atoms with Crippen LogP contribution in [-0.2, 0) is 19.4 Å². The summed E-state index contributed by atoms with van der Waals surface area (Å²) in [6, 6.07) is 5.14. The van der Waals surface area contributed by atoms with Crippen LogP contribution in [0.3, 0.4) is 0 Å². The summed E-state index contributed by atoms with van der Waals surface area (Å²) < 4.78 is 49.1. The third kappa shape index (κ3) is 3.87. The smallest absolute Gasteiger partial charge is 0.341 e. The first-order chi connectivity index (χ1) is 12.3. The van der Waals surface area contributed by atoms with Crippen LogP contribution in [0.2, 0.25) is 0 Å². The van der Waals surface area contributed by atoms with E-state index >= 15 is 0 Å². The zero-order chi connectivity index (χ0) is 18.9. The normalized spacial score (nSPS) is 18.8. The Hall–Kier alpha value is -2.03. The molecule has 9 heteroatoms. The molecule has 2 fully saturated rings. The molecule has 1 saturated carbocycles. The van der Waals surface area contributed by atoms with Crippen molar-refractivity contribution in [1.29, 1.82) is 0 Å². The third-order valence-corrected chi connectivity index (χ3v) is 6.23. The van der Waals surface area contributed by atoms with Crippen molar-refractivity contribution in [2.75, 3.05) is 18.4 Å². The lowest BCUT2D eigenvalue weighted by molar-refractivity contribution is -0.135. The van der Waals surface area contributed by atoms with Crippen molar-refractivity contribution >= 4 is 27.3 Å². The summed E-state index contributed by atoms with van der Waals surface area (Å²) in [6.07, 6.45) is 2.78. The lowest BCUT2D eigenvalue weighted by Gasteiger charge is -2.31. The first-order valence-electron chi connectivity index (χ1n) is 8.51. The van der Waals surface area contributed by atoms with Gasteiger partial charge in [-0.05, 0) is 37.8 Å². The number of amides is 2. The molecule has 0 bridgehead atoms. The van der Waals surface area contributed by atoms with Gasteiger partial charge in [0.2, 0.25) is 21.7 Å². The second kappa shape index (κ2) is 7.30. The molecule has 142 valence electrons. The molecule has 0 atom stereocenters. The molecular formula is C17H20F2N2O4S. The van der Waals surface area contributed by atoms with Crippen LogP contribution in [-0.4, -0.2) is 44.0 Å². The molecule has 1 aliphatic carbocycles. The molecule has 3 rings (SSSR count). The second-order valence-electron chi connectivity index (χ2n) is 6.66. The van der Waals surface area contributed by atoms with Crippen LogP contribution < -0.4 is 5.32 Å². The molecule has 26 heavy (non-hydrogen) atoms. The van der Waals surface area contributed by atoms with Crippen molar-refractivity contribution < 1.29 is 26.8 Å². The minimum atomic E-state index is -4.81. The molecule has 6 nitrogen and oxygen atoms in total. The lowest BCUT2D eigenvalue weighted by atomic mass is 9.95. The van der Waals surface area contributed by atoms with Gasteiger partial charge in [0.05, 0.1) is 10.6 Å². The number of piperidine rings is 1. The van der Waals surface area contributed by atoms with Gasteiger partial charge in [0.1, 0.15) is 0 Å². The average Bonchev–Trinajstić information content (AvgIpc) is 3.46. The lowest BCUT2D eigenvalue weighted by Crippen LogP contribution is -2.42. The number of rotatable bonds is 5. The fraction of sp³-hybridized carbons (Fsp3) is 0.529. The summed E-state index contributed by atoms with van der Waals surface area (Å²) in [5, 5.41) is 2.47. The minimum Gasteiger partial charge on any atom is -0.342 e. The fourth-order valence-electron chi connectivity index (χ4n) is 3.10. The second-order valence-corrected chi connectivity index (χ2v) is 8.55. The number of nitrogens with one attached hydrogen (secondary N) is 1. The topological polar surface area (TPSA) is 83.6 Å². The molecule has 2 aliphatic rings. The van der Waals surface area contributed by atoms with Gasteiger partial charge < -0.3 is 10.2 Å². The van der Waals surface area contributed by atoms with Crippen LogP contribution in [0.1, 0.15) is 25.7 Å². The Morgan fingerprint density at radius 2 is 1.65 bits per heavy atom. The van der Waals surface area contributed by atoms with Gasteiger partial charge in [0.25, 0.3) is 0 Å². The number of nitrogens with zero attached hydrogens (tertiary/aromatic N) is 1. The van der Waals surface area contributed by atoms with Crippen molar-refractivity contribution in [2.24, 2.45) is 11.8 Å². The van der Waals surface area contributed by atoms with E-state index in [4.69, 9.17) is 0 Å². The Kier molecular flexibility index (Phi) is 5.27. The molecular weight excluding hydrogens is 366 g/mol. The molecule has 1 aliphatic heterocycles. The van der Waals surface area contributed by atoms with E-state index in [1.165, 1.54) is 18.2 Å². The number of carbonyl (C=O) groups excluding carboxylic acids is 2. The van der Waals surface area contributed by atoms with Gasteiger partial charge in [0.15, 0.2) is 0 Å². The summed E-state index contributed by atoms with van der Waals surface area (Å²) in [4.78, 5) is 25.6. The first-order valence-corrected chi connectivity index (χ1v) is 10.1. The highest BCUT2D eigenvalue weighted by molar-refractivity contribution is 7.91. The van der Waals surface area contributed by atoms with Crippen LogP contribution >= 0.6 is 0 Å². The molecule has 2 amide bonds. The van der Waals surface area contributed by atoms with Crippen molar-refractivity contribution in [1.82, 2.24) is 4.90 Å². The van der Waals surface area contributed by atoms with Crippen LogP contribution in [0.25, 0.3) is 0 Å². The molecule has 1 N–H and O–H groups in total. The van der Waals surface area contributed by atoms with E-state index < -0.39 is 26.4 Å². The van der Waals surface area contributed by atoms with Gasteiger partial charge in [-0.3, -0.25) is 9.59 Å². The number of para-hydroxylation sites is 1. The first kappa shape index (κ1) is 18.8. The largest absolute Gasteiger partial charge is 0.342 e. The predicted molar refractivity (Wildman–Crippen MR) is 90.3 cm³/mol. The van der Waals surface area contributed by atoms with Gasteiger partial charge in [-0.2, -0.15) is 8.78 Å². The third-order valence-electron chi connectivity index (χ3n) is 4.79. The van der Waals surface area contributed by atoms with Gasteiger partial charge in [-0.1, -0.05) is 12.1 Å². The summed E-state index contributed by atoms with van der Waals surface area (Å²) in [5.74, 6) is -4.10. The maximum absolute atomic E-state index is 12.8. The maximum atomic E-state index is 12.8. The van der Waals surface area contributed by atoms with E-state index in [2.05, 4.69) is 5.32 Å². The van der Waals surface area contributed by atoms with Crippen molar-refractivity contribution in [2.45, 2.75) is 36.3 Å². The van der Waals surface area contributed by atoms with E-state index in [1.807, 2.05) is 0 Å². The van der Waals surface area contributed by atoms with Crippen molar-refractivity contribution in [3.63, 3.8) is 0 Å². The molecule has 0 radical (unpaired) electrons. The number of sulfone groups is 1. The number of hydrogen-bond acceptors (Lipinski definition) is 4. The number of alkyl halides is 2. The fourth-order valence-corrected chi connectivity index (χ4v) is 3.99. The van der Waals surface area contributed by atoms with Crippen LogP contribution in [0.5, 0.6) is 0 Å². The quantitative estimate of drug-likeness (QED) is 0.842. The highest BCUT2D eigenvalue weighted by Crippen LogP contribution is 2.33. The number of hydrogen-bond donors (Lipinski definition) is 1. The summed E-state index contributed by atoms with van der Waals surface area (Å²) >= 11 is 0. The zero-order valence-corrected chi connectivity index (χ0v) is 14.8. The molecule has 1 heterocycles. The monoisotopic (exact) mass is 386 g/mol. The Balaban J connectivity index is 1.65. The van der Waals surface area contributed by atoms with Gasteiger partial charge in [-0.15, -0.1) is 0 Å². The van der Waals surface area contributed by atoms with E-state index in [9.17, 15) is 26.8 Å².